The molecule has 22 heavy (non-hydrogen) atoms. The second kappa shape index (κ2) is 6.30. The van der Waals surface area contributed by atoms with Crippen molar-refractivity contribution in [3.8, 4) is 5.75 Å². The van der Waals surface area contributed by atoms with E-state index in [2.05, 4.69) is 10.5 Å². The van der Waals surface area contributed by atoms with Crippen LogP contribution in [0, 0.1) is 0 Å². The summed E-state index contributed by atoms with van der Waals surface area (Å²) >= 11 is 0. The molecule has 1 atom stereocenters. The maximum atomic E-state index is 12.2. The number of benzene rings is 2. The minimum Gasteiger partial charge on any atom is -0.497 e. The molecule has 0 saturated heterocycles. The first-order valence-corrected chi connectivity index (χ1v) is 6.99. The van der Waals surface area contributed by atoms with Crippen LogP contribution >= 0.6 is 0 Å². The number of anilines is 1. The Kier molecular flexibility index (Phi) is 4.05. The van der Waals surface area contributed by atoms with Gasteiger partial charge in [-0.05, 0) is 17.7 Å². The topological polar surface area (TPSA) is 59.9 Å². The van der Waals surface area contributed by atoms with Crippen LogP contribution in [-0.2, 0) is 9.63 Å². The Labute approximate surface area is 128 Å². The smallest absolute Gasteiger partial charge is 0.268 e. The Balaban J connectivity index is 1.63. The molecule has 1 heterocycles. The van der Waals surface area contributed by atoms with Gasteiger partial charge in [-0.25, -0.2) is 0 Å². The first-order valence-electron chi connectivity index (χ1n) is 6.99. The third-order valence-corrected chi connectivity index (χ3v) is 3.41. The molecule has 1 unspecified atom stereocenters. The highest BCUT2D eigenvalue weighted by molar-refractivity contribution is 6.06. The number of hydrogen-bond acceptors (Lipinski definition) is 4. The number of methoxy groups -OCH3 is 1. The number of rotatable bonds is 4. The van der Waals surface area contributed by atoms with Crippen molar-refractivity contribution in [2.75, 3.05) is 12.4 Å². The third kappa shape index (κ3) is 3.09. The molecule has 0 aliphatic carbocycles. The highest BCUT2D eigenvalue weighted by Gasteiger charge is 2.28. The number of oxime groups is 1. The summed E-state index contributed by atoms with van der Waals surface area (Å²) in [5.74, 6) is 0.467. The average molecular weight is 296 g/mol. The van der Waals surface area contributed by atoms with Gasteiger partial charge in [-0.1, -0.05) is 41.6 Å². The van der Waals surface area contributed by atoms with Crippen LogP contribution < -0.4 is 10.1 Å². The van der Waals surface area contributed by atoms with E-state index in [4.69, 9.17) is 9.57 Å². The Hall–Kier alpha value is -2.82. The zero-order chi connectivity index (χ0) is 15.4. The predicted octanol–water partition coefficient (Wildman–Crippen LogP) is 2.83. The van der Waals surface area contributed by atoms with Gasteiger partial charge >= 0.3 is 0 Å². The Bertz CT molecular complexity index is 698. The SMILES string of the molecule is COc1cccc(NC(=O)C2CC(c3ccccc3)=NO2)c1. The molecule has 1 N–H and O–H groups in total. The zero-order valence-electron chi connectivity index (χ0n) is 12.2. The minimum absolute atomic E-state index is 0.220. The Morgan fingerprint density at radius 3 is 2.82 bits per heavy atom. The largest absolute Gasteiger partial charge is 0.497 e. The lowest BCUT2D eigenvalue weighted by Crippen LogP contribution is -2.28. The fourth-order valence-corrected chi connectivity index (χ4v) is 2.24. The molecular formula is C17H16N2O3. The van der Waals surface area contributed by atoms with E-state index in [0.29, 0.717) is 17.9 Å². The number of ether oxygens (including phenoxy) is 1. The molecule has 0 saturated carbocycles. The summed E-state index contributed by atoms with van der Waals surface area (Å²) in [5, 5.41) is 6.83. The first-order chi connectivity index (χ1) is 10.8. The van der Waals surface area contributed by atoms with Gasteiger partial charge in [0.05, 0.1) is 12.8 Å². The molecule has 0 bridgehead atoms. The van der Waals surface area contributed by atoms with E-state index in [-0.39, 0.29) is 5.91 Å². The lowest BCUT2D eigenvalue weighted by Gasteiger charge is -2.10. The van der Waals surface area contributed by atoms with E-state index >= 15 is 0 Å². The second-order valence-corrected chi connectivity index (χ2v) is 4.92. The van der Waals surface area contributed by atoms with Crippen LogP contribution in [0.4, 0.5) is 5.69 Å². The number of carbonyl (C=O) groups is 1. The van der Waals surface area contributed by atoms with Gasteiger partial charge in [-0.2, -0.15) is 0 Å². The molecule has 5 heteroatoms. The van der Waals surface area contributed by atoms with E-state index < -0.39 is 6.10 Å². The standard InChI is InChI=1S/C17H16N2O3/c1-21-14-9-5-8-13(10-14)18-17(20)16-11-15(19-22-16)12-6-3-2-4-7-12/h2-10,16H,11H2,1H3,(H,18,20). The molecule has 5 nitrogen and oxygen atoms in total. The summed E-state index contributed by atoms with van der Waals surface area (Å²) in [7, 11) is 1.58. The average Bonchev–Trinajstić information content (AvgIpc) is 3.06. The number of hydrogen-bond donors (Lipinski definition) is 1. The molecule has 2 aromatic carbocycles. The molecule has 0 aromatic heterocycles. The van der Waals surface area contributed by atoms with Crippen molar-refractivity contribution in [2.45, 2.75) is 12.5 Å². The van der Waals surface area contributed by atoms with E-state index in [1.54, 1.807) is 19.2 Å². The molecule has 3 rings (SSSR count). The van der Waals surface area contributed by atoms with Crippen LogP contribution in [0.25, 0.3) is 0 Å². The minimum atomic E-state index is -0.610. The molecule has 2 aromatic rings. The quantitative estimate of drug-likeness (QED) is 0.943. The van der Waals surface area contributed by atoms with Gasteiger partial charge in [0.15, 0.2) is 0 Å². The van der Waals surface area contributed by atoms with Gasteiger partial charge in [-0.3, -0.25) is 4.79 Å². The van der Waals surface area contributed by atoms with E-state index in [1.807, 2.05) is 42.5 Å². The lowest BCUT2D eigenvalue weighted by molar-refractivity contribution is -0.125. The third-order valence-electron chi connectivity index (χ3n) is 3.41. The maximum Gasteiger partial charge on any atom is 0.268 e. The fraction of sp³-hybridized carbons (Fsp3) is 0.176. The van der Waals surface area contributed by atoms with Crippen LogP contribution in [0.2, 0.25) is 0 Å². The summed E-state index contributed by atoms with van der Waals surface area (Å²) in [6.07, 6.45) is -0.152. The second-order valence-electron chi connectivity index (χ2n) is 4.92. The van der Waals surface area contributed by atoms with Crippen LogP contribution in [0.3, 0.4) is 0 Å². The molecule has 1 amide bonds. The fourth-order valence-electron chi connectivity index (χ4n) is 2.24. The summed E-state index contributed by atoms with van der Waals surface area (Å²) in [6.45, 7) is 0. The van der Waals surface area contributed by atoms with Gasteiger partial charge in [0, 0.05) is 18.2 Å². The van der Waals surface area contributed by atoms with Crippen molar-refractivity contribution in [2.24, 2.45) is 5.16 Å². The number of carbonyl (C=O) groups excluding carboxylic acids is 1. The molecule has 0 spiro atoms. The van der Waals surface area contributed by atoms with Gasteiger partial charge in [0.25, 0.3) is 5.91 Å². The van der Waals surface area contributed by atoms with Crippen molar-refractivity contribution < 1.29 is 14.4 Å². The Morgan fingerprint density at radius 2 is 2.05 bits per heavy atom. The molecule has 0 fully saturated rings. The van der Waals surface area contributed by atoms with Crippen LogP contribution in [0.5, 0.6) is 5.75 Å². The van der Waals surface area contributed by atoms with Crippen molar-refractivity contribution in [3.05, 3.63) is 60.2 Å². The van der Waals surface area contributed by atoms with Crippen molar-refractivity contribution in [1.29, 1.82) is 0 Å². The zero-order valence-corrected chi connectivity index (χ0v) is 12.2. The normalized spacial score (nSPS) is 16.6. The van der Waals surface area contributed by atoms with Gasteiger partial charge < -0.3 is 14.9 Å². The molecule has 1 aliphatic rings. The van der Waals surface area contributed by atoms with Gasteiger partial charge in [-0.15, -0.1) is 0 Å². The Morgan fingerprint density at radius 1 is 1.23 bits per heavy atom. The molecule has 1 aliphatic heterocycles. The summed E-state index contributed by atoms with van der Waals surface area (Å²) in [5.41, 5.74) is 2.42. The van der Waals surface area contributed by atoms with Gasteiger partial charge in [0.2, 0.25) is 6.10 Å². The highest BCUT2D eigenvalue weighted by Crippen LogP contribution is 2.20. The number of amides is 1. The lowest BCUT2D eigenvalue weighted by atomic mass is 10.0. The predicted molar refractivity (Wildman–Crippen MR) is 84.1 cm³/mol. The van der Waals surface area contributed by atoms with Crippen molar-refractivity contribution in [3.63, 3.8) is 0 Å². The maximum absolute atomic E-state index is 12.2. The van der Waals surface area contributed by atoms with Crippen LogP contribution in [-0.4, -0.2) is 24.8 Å². The van der Waals surface area contributed by atoms with Crippen LogP contribution in [0.15, 0.2) is 59.8 Å². The van der Waals surface area contributed by atoms with Crippen molar-refractivity contribution >= 4 is 17.3 Å². The number of nitrogens with zero attached hydrogens (tertiary/aromatic N) is 1. The van der Waals surface area contributed by atoms with Crippen LogP contribution in [0.1, 0.15) is 12.0 Å². The number of nitrogens with one attached hydrogen (secondary N) is 1. The molecule has 112 valence electrons. The highest BCUT2D eigenvalue weighted by atomic mass is 16.6. The monoisotopic (exact) mass is 296 g/mol. The van der Waals surface area contributed by atoms with E-state index in [1.165, 1.54) is 0 Å². The van der Waals surface area contributed by atoms with E-state index in [0.717, 1.165) is 11.3 Å². The van der Waals surface area contributed by atoms with Crippen molar-refractivity contribution in [1.82, 2.24) is 0 Å². The molecule has 0 radical (unpaired) electrons. The summed E-state index contributed by atoms with van der Waals surface area (Å²) in [6, 6.07) is 16.9. The summed E-state index contributed by atoms with van der Waals surface area (Å²) < 4.78 is 5.13. The molecular weight excluding hydrogens is 280 g/mol. The van der Waals surface area contributed by atoms with E-state index in [9.17, 15) is 4.79 Å². The van der Waals surface area contributed by atoms with Gasteiger partial charge in [0.1, 0.15) is 5.75 Å². The summed E-state index contributed by atoms with van der Waals surface area (Å²) in [4.78, 5) is 17.5. The first kappa shape index (κ1) is 14.1.